The van der Waals surface area contributed by atoms with E-state index in [1.807, 2.05) is 6.92 Å². The first-order chi connectivity index (χ1) is 6.18. The van der Waals surface area contributed by atoms with Crippen molar-refractivity contribution in [2.75, 3.05) is 6.61 Å². The first-order valence-electron chi connectivity index (χ1n) is 4.39. The van der Waals surface area contributed by atoms with Crippen molar-refractivity contribution in [3.8, 4) is 5.75 Å². The number of hydrogen-bond acceptors (Lipinski definition) is 2. The largest absolute Gasteiger partial charge is 0.493 e. The maximum absolute atomic E-state index is 5.87. The van der Waals surface area contributed by atoms with Crippen LogP contribution < -0.4 is 10.5 Å². The molecule has 1 aliphatic rings. The summed E-state index contributed by atoms with van der Waals surface area (Å²) < 4.78 is 6.81. The molecule has 1 aliphatic heterocycles. The molecule has 0 saturated heterocycles. The van der Waals surface area contributed by atoms with E-state index in [1.54, 1.807) is 0 Å². The van der Waals surface area contributed by atoms with Crippen molar-refractivity contribution in [1.29, 1.82) is 0 Å². The van der Waals surface area contributed by atoms with E-state index in [-0.39, 0.29) is 6.04 Å². The highest BCUT2D eigenvalue weighted by Crippen LogP contribution is 2.34. The summed E-state index contributed by atoms with van der Waals surface area (Å²) in [6.07, 6.45) is 1.02. The van der Waals surface area contributed by atoms with Crippen molar-refractivity contribution >= 4 is 22.6 Å². The van der Waals surface area contributed by atoms with Crippen LogP contribution in [0.4, 0.5) is 0 Å². The van der Waals surface area contributed by atoms with Gasteiger partial charge in [-0.15, -0.1) is 0 Å². The van der Waals surface area contributed by atoms with Crippen LogP contribution in [0.3, 0.4) is 0 Å². The summed E-state index contributed by atoms with van der Waals surface area (Å²) in [5.74, 6) is 1.02. The minimum Gasteiger partial charge on any atom is -0.493 e. The molecule has 0 aromatic heterocycles. The van der Waals surface area contributed by atoms with E-state index in [0.29, 0.717) is 0 Å². The van der Waals surface area contributed by atoms with Crippen LogP contribution in [0.25, 0.3) is 0 Å². The van der Waals surface area contributed by atoms with Crippen LogP contribution in [0.1, 0.15) is 24.1 Å². The van der Waals surface area contributed by atoms with Gasteiger partial charge in [-0.1, -0.05) is 0 Å². The zero-order valence-corrected chi connectivity index (χ0v) is 9.67. The lowest BCUT2D eigenvalue weighted by molar-refractivity contribution is 0.352. The third kappa shape index (κ3) is 1.67. The molecule has 0 fully saturated rings. The van der Waals surface area contributed by atoms with Gasteiger partial charge in [-0.05, 0) is 47.2 Å². The average Bonchev–Trinajstić information content (AvgIpc) is 2.49. The second-order valence-electron chi connectivity index (χ2n) is 3.37. The second-order valence-corrected chi connectivity index (χ2v) is 4.62. The van der Waals surface area contributed by atoms with E-state index in [2.05, 4.69) is 34.7 Å². The number of rotatable bonds is 1. The number of nitrogens with two attached hydrogens (primary N) is 1. The Labute approximate surface area is 91.6 Å². The van der Waals surface area contributed by atoms with Crippen molar-refractivity contribution in [3.63, 3.8) is 0 Å². The highest BCUT2D eigenvalue weighted by atomic mass is 127. The van der Waals surface area contributed by atoms with Gasteiger partial charge in [0, 0.05) is 21.6 Å². The van der Waals surface area contributed by atoms with E-state index < -0.39 is 0 Å². The van der Waals surface area contributed by atoms with Crippen LogP contribution in [0.2, 0.25) is 0 Å². The molecule has 0 radical (unpaired) electrons. The van der Waals surface area contributed by atoms with Gasteiger partial charge in [0.2, 0.25) is 0 Å². The molecule has 1 heterocycles. The van der Waals surface area contributed by atoms with Gasteiger partial charge in [0.1, 0.15) is 5.75 Å². The van der Waals surface area contributed by atoms with Crippen LogP contribution in [0.15, 0.2) is 12.1 Å². The standard InChI is InChI=1S/C10H12INO/c1-6(12)9-5-8(11)4-7-2-3-13-10(7)9/h4-6H,2-3,12H2,1H3/t6-/m1/s1. The summed E-state index contributed by atoms with van der Waals surface area (Å²) >= 11 is 2.32. The molecule has 1 aromatic carbocycles. The molecule has 0 bridgehead atoms. The van der Waals surface area contributed by atoms with Crippen molar-refractivity contribution in [1.82, 2.24) is 0 Å². The SMILES string of the molecule is C[C@@H](N)c1cc(I)cc2c1OCC2. The predicted octanol–water partition coefficient (Wildman–Crippen LogP) is 2.25. The first kappa shape index (κ1) is 9.27. The molecule has 0 amide bonds. The molecule has 0 aliphatic carbocycles. The molecule has 0 spiro atoms. The van der Waals surface area contributed by atoms with Gasteiger partial charge in [-0.2, -0.15) is 0 Å². The molecule has 2 nitrogen and oxygen atoms in total. The van der Waals surface area contributed by atoms with Gasteiger partial charge < -0.3 is 10.5 Å². The molecule has 3 heteroatoms. The van der Waals surface area contributed by atoms with Gasteiger partial charge in [-0.25, -0.2) is 0 Å². The van der Waals surface area contributed by atoms with E-state index in [1.165, 1.54) is 9.13 Å². The molecule has 2 rings (SSSR count). The molecular formula is C10H12INO. The fourth-order valence-electron chi connectivity index (χ4n) is 1.64. The Morgan fingerprint density at radius 3 is 3.00 bits per heavy atom. The van der Waals surface area contributed by atoms with Gasteiger partial charge in [0.05, 0.1) is 6.61 Å². The minimum atomic E-state index is 0.0570. The van der Waals surface area contributed by atoms with E-state index in [4.69, 9.17) is 10.5 Å². The van der Waals surface area contributed by atoms with Crippen LogP contribution in [-0.4, -0.2) is 6.61 Å². The highest BCUT2D eigenvalue weighted by Gasteiger charge is 2.18. The van der Waals surface area contributed by atoms with Gasteiger partial charge >= 0.3 is 0 Å². The van der Waals surface area contributed by atoms with Crippen molar-refractivity contribution in [3.05, 3.63) is 26.8 Å². The molecule has 2 N–H and O–H groups in total. The van der Waals surface area contributed by atoms with Crippen LogP contribution >= 0.6 is 22.6 Å². The van der Waals surface area contributed by atoms with Crippen molar-refractivity contribution in [2.24, 2.45) is 5.73 Å². The fourth-order valence-corrected chi connectivity index (χ4v) is 2.35. The fraction of sp³-hybridized carbons (Fsp3) is 0.400. The first-order valence-corrected chi connectivity index (χ1v) is 5.47. The summed E-state index contributed by atoms with van der Waals surface area (Å²) in [4.78, 5) is 0. The maximum atomic E-state index is 5.87. The molecule has 0 saturated carbocycles. The molecule has 1 aromatic rings. The molecule has 70 valence electrons. The molecule has 13 heavy (non-hydrogen) atoms. The van der Waals surface area contributed by atoms with Crippen LogP contribution in [0, 0.1) is 3.57 Å². The average molecular weight is 289 g/mol. The summed E-state index contributed by atoms with van der Waals surface area (Å²) in [6, 6.07) is 4.34. The van der Waals surface area contributed by atoms with Gasteiger partial charge in [0.15, 0.2) is 0 Å². The monoisotopic (exact) mass is 289 g/mol. The number of ether oxygens (including phenoxy) is 1. The highest BCUT2D eigenvalue weighted by molar-refractivity contribution is 14.1. The van der Waals surface area contributed by atoms with Gasteiger partial charge in [-0.3, -0.25) is 0 Å². The molecule has 0 unspecified atom stereocenters. The quantitative estimate of drug-likeness (QED) is 0.805. The Morgan fingerprint density at radius 1 is 1.54 bits per heavy atom. The molecule has 1 atom stereocenters. The second kappa shape index (κ2) is 3.46. The predicted molar refractivity (Wildman–Crippen MR) is 61.0 cm³/mol. The number of hydrogen-bond donors (Lipinski definition) is 1. The topological polar surface area (TPSA) is 35.2 Å². The number of halogens is 1. The van der Waals surface area contributed by atoms with Crippen molar-refractivity contribution in [2.45, 2.75) is 19.4 Å². The zero-order valence-electron chi connectivity index (χ0n) is 7.51. The van der Waals surface area contributed by atoms with Crippen LogP contribution in [0.5, 0.6) is 5.75 Å². The van der Waals surface area contributed by atoms with E-state index in [0.717, 1.165) is 24.3 Å². The smallest absolute Gasteiger partial charge is 0.127 e. The summed E-state index contributed by atoms with van der Waals surface area (Å²) in [6.45, 7) is 2.79. The maximum Gasteiger partial charge on any atom is 0.127 e. The van der Waals surface area contributed by atoms with Crippen molar-refractivity contribution < 1.29 is 4.74 Å². The van der Waals surface area contributed by atoms with E-state index >= 15 is 0 Å². The van der Waals surface area contributed by atoms with Crippen LogP contribution in [-0.2, 0) is 6.42 Å². The lowest BCUT2D eigenvalue weighted by Gasteiger charge is -2.11. The Bertz CT molecular complexity index is 336. The zero-order chi connectivity index (χ0) is 9.42. The third-order valence-electron chi connectivity index (χ3n) is 2.27. The van der Waals surface area contributed by atoms with E-state index in [9.17, 15) is 0 Å². The Morgan fingerprint density at radius 2 is 2.31 bits per heavy atom. The lowest BCUT2D eigenvalue weighted by Crippen LogP contribution is -2.07. The normalized spacial score (nSPS) is 16.5. The summed E-state index contributed by atoms with van der Waals surface area (Å²) in [5.41, 5.74) is 8.32. The van der Waals surface area contributed by atoms with Gasteiger partial charge in [0.25, 0.3) is 0 Å². The summed E-state index contributed by atoms with van der Waals surface area (Å²) in [7, 11) is 0. The Balaban J connectivity index is 2.55. The molecular weight excluding hydrogens is 277 g/mol. The third-order valence-corrected chi connectivity index (χ3v) is 2.89. The minimum absolute atomic E-state index is 0.0570. The summed E-state index contributed by atoms with van der Waals surface area (Å²) in [5, 5.41) is 0. The Kier molecular flexibility index (Phi) is 2.47. The number of fused-ring (bicyclic) bond motifs is 1. The number of benzene rings is 1. The Hall–Kier alpha value is -0.290. The lowest BCUT2D eigenvalue weighted by atomic mass is 10.0.